The highest BCUT2D eigenvalue weighted by atomic mass is 32.1. The Hall–Kier alpha value is -1.56. The van der Waals surface area contributed by atoms with Gasteiger partial charge in [-0.1, -0.05) is 0 Å². The normalized spacial score (nSPS) is 22.6. The summed E-state index contributed by atoms with van der Waals surface area (Å²) in [6, 6.07) is 2.15. The molecule has 1 atom stereocenters. The predicted molar refractivity (Wildman–Crippen MR) is 82.8 cm³/mol. The van der Waals surface area contributed by atoms with Gasteiger partial charge < -0.3 is 15.1 Å². The Labute approximate surface area is 128 Å². The number of nitrogens with zero attached hydrogens (tertiary/aromatic N) is 2. The van der Waals surface area contributed by atoms with Gasteiger partial charge in [0.05, 0.1) is 11.6 Å². The number of aryl methyl sites for hydroxylation is 2. The van der Waals surface area contributed by atoms with Gasteiger partial charge in [0.1, 0.15) is 0 Å². The molecule has 0 bridgehead atoms. The van der Waals surface area contributed by atoms with Gasteiger partial charge in [-0.3, -0.25) is 4.79 Å². The Morgan fingerprint density at radius 1 is 1.38 bits per heavy atom. The standard InChI is InChI=1S/C15H21N3O2S/c1-10-8-13(11(2)21-10)14(19)17-6-3-4-12(9-17)18-7-5-16-15(18)20/h8,12H,3-7,9H2,1-2H3,(H,16,20). The number of likely N-dealkylation sites (tertiary alicyclic amines) is 1. The molecule has 0 spiro atoms. The van der Waals surface area contributed by atoms with Crippen molar-refractivity contribution in [2.75, 3.05) is 26.2 Å². The topological polar surface area (TPSA) is 52.7 Å². The van der Waals surface area contributed by atoms with E-state index in [1.165, 1.54) is 4.88 Å². The Balaban J connectivity index is 1.72. The smallest absolute Gasteiger partial charge is 0.317 e. The Bertz CT molecular complexity index is 569. The van der Waals surface area contributed by atoms with Gasteiger partial charge in [0.2, 0.25) is 0 Å². The molecule has 3 heterocycles. The molecule has 114 valence electrons. The summed E-state index contributed by atoms with van der Waals surface area (Å²) in [7, 11) is 0. The first kappa shape index (κ1) is 14.4. The van der Waals surface area contributed by atoms with Crippen LogP contribution in [0.5, 0.6) is 0 Å². The zero-order valence-corrected chi connectivity index (χ0v) is 13.3. The molecule has 0 radical (unpaired) electrons. The van der Waals surface area contributed by atoms with Crippen molar-refractivity contribution < 1.29 is 9.59 Å². The van der Waals surface area contributed by atoms with Crippen LogP contribution < -0.4 is 5.32 Å². The van der Waals surface area contributed by atoms with Gasteiger partial charge in [-0.15, -0.1) is 11.3 Å². The number of thiophene rings is 1. The fraction of sp³-hybridized carbons (Fsp3) is 0.600. The van der Waals surface area contributed by atoms with Crippen LogP contribution in [0.15, 0.2) is 6.07 Å². The average molecular weight is 307 g/mol. The van der Waals surface area contributed by atoms with E-state index in [1.807, 2.05) is 29.7 Å². The number of urea groups is 1. The van der Waals surface area contributed by atoms with Gasteiger partial charge in [0.15, 0.2) is 0 Å². The maximum absolute atomic E-state index is 12.7. The Morgan fingerprint density at radius 2 is 2.19 bits per heavy atom. The Kier molecular flexibility index (Phi) is 3.89. The third-order valence-electron chi connectivity index (χ3n) is 4.29. The van der Waals surface area contributed by atoms with Crippen LogP contribution in [0.3, 0.4) is 0 Å². The van der Waals surface area contributed by atoms with E-state index in [4.69, 9.17) is 0 Å². The first-order chi connectivity index (χ1) is 10.1. The lowest BCUT2D eigenvalue weighted by molar-refractivity contribution is 0.0634. The van der Waals surface area contributed by atoms with E-state index in [0.29, 0.717) is 13.1 Å². The second-order valence-electron chi connectivity index (χ2n) is 5.80. The van der Waals surface area contributed by atoms with Crippen LogP contribution >= 0.6 is 11.3 Å². The molecule has 1 unspecified atom stereocenters. The minimum Gasteiger partial charge on any atom is -0.337 e. The number of nitrogens with one attached hydrogen (secondary N) is 1. The van der Waals surface area contributed by atoms with Gasteiger partial charge in [-0.2, -0.15) is 0 Å². The molecule has 2 saturated heterocycles. The van der Waals surface area contributed by atoms with Gasteiger partial charge in [0.25, 0.3) is 5.91 Å². The third kappa shape index (κ3) is 2.77. The van der Waals surface area contributed by atoms with Crippen LogP contribution in [0.1, 0.15) is 33.0 Å². The van der Waals surface area contributed by atoms with Gasteiger partial charge >= 0.3 is 6.03 Å². The molecule has 0 aromatic carbocycles. The van der Waals surface area contributed by atoms with E-state index < -0.39 is 0 Å². The highest BCUT2D eigenvalue weighted by Gasteiger charge is 2.33. The highest BCUT2D eigenvalue weighted by Crippen LogP contribution is 2.25. The quantitative estimate of drug-likeness (QED) is 0.908. The maximum atomic E-state index is 12.7. The molecule has 1 N–H and O–H groups in total. The number of carbonyl (C=O) groups is 2. The minimum atomic E-state index is 0.0110. The van der Waals surface area contributed by atoms with Crippen molar-refractivity contribution in [3.05, 3.63) is 21.4 Å². The largest absolute Gasteiger partial charge is 0.337 e. The van der Waals surface area contributed by atoms with Gasteiger partial charge in [-0.05, 0) is 32.8 Å². The van der Waals surface area contributed by atoms with Crippen LogP contribution in [-0.4, -0.2) is 54.0 Å². The van der Waals surface area contributed by atoms with Crippen LogP contribution in [-0.2, 0) is 0 Å². The number of hydrogen-bond acceptors (Lipinski definition) is 3. The van der Waals surface area contributed by atoms with Gasteiger partial charge in [0, 0.05) is 35.9 Å². The lowest BCUT2D eigenvalue weighted by Crippen LogP contribution is -2.50. The first-order valence-electron chi connectivity index (χ1n) is 7.47. The molecule has 2 aliphatic rings. The fourth-order valence-electron chi connectivity index (χ4n) is 3.24. The number of hydrogen-bond donors (Lipinski definition) is 1. The summed E-state index contributed by atoms with van der Waals surface area (Å²) in [6.45, 7) is 6.94. The second-order valence-corrected chi connectivity index (χ2v) is 7.26. The van der Waals surface area contributed by atoms with Gasteiger partial charge in [-0.25, -0.2) is 4.79 Å². The van der Waals surface area contributed by atoms with Crippen LogP contribution in [0.25, 0.3) is 0 Å². The summed E-state index contributed by atoms with van der Waals surface area (Å²) < 4.78 is 0. The molecule has 6 heteroatoms. The molecule has 3 amide bonds. The van der Waals surface area contributed by atoms with E-state index in [9.17, 15) is 9.59 Å². The number of piperidine rings is 1. The SMILES string of the molecule is Cc1cc(C(=O)N2CCCC(N3CCNC3=O)C2)c(C)s1. The van der Waals surface area contributed by atoms with Crippen molar-refractivity contribution in [3.63, 3.8) is 0 Å². The van der Waals surface area contributed by atoms with E-state index in [1.54, 1.807) is 11.3 Å². The van der Waals surface area contributed by atoms with E-state index in [2.05, 4.69) is 5.32 Å². The molecule has 2 aliphatic heterocycles. The van der Waals surface area contributed by atoms with Crippen molar-refractivity contribution >= 4 is 23.3 Å². The molecule has 1 aromatic heterocycles. The van der Waals surface area contributed by atoms with Crippen LogP contribution in [0, 0.1) is 13.8 Å². The zero-order valence-electron chi connectivity index (χ0n) is 12.5. The summed E-state index contributed by atoms with van der Waals surface area (Å²) in [5.74, 6) is 0.112. The monoisotopic (exact) mass is 307 g/mol. The molecule has 2 fully saturated rings. The van der Waals surface area contributed by atoms with Crippen LogP contribution in [0.2, 0.25) is 0 Å². The molecule has 0 aliphatic carbocycles. The lowest BCUT2D eigenvalue weighted by atomic mass is 10.0. The molecule has 1 aromatic rings. The van der Waals surface area contributed by atoms with Crippen molar-refractivity contribution in [1.29, 1.82) is 0 Å². The summed E-state index contributed by atoms with van der Waals surface area (Å²) in [4.78, 5) is 30.5. The van der Waals surface area contributed by atoms with Crippen molar-refractivity contribution in [1.82, 2.24) is 15.1 Å². The van der Waals surface area contributed by atoms with Crippen molar-refractivity contribution in [3.8, 4) is 0 Å². The molecular formula is C15H21N3O2S. The summed E-state index contributed by atoms with van der Waals surface area (Å²) >= 11 is 1.67. The van der Waals surface area contributed by atoms with E-state index in [0.717, 1.165) is 36.4 Å². The molecule has 21 heavy (non-hydrogen) atoms. The summed E-state index contributed by atoms with van der Waals surface area (Å²) in [5.41, 5.74) is 0.823. The predicted octanol–water partition coefficient (Wildman–Crippen LogP) is 1.99. The number of carbonyl (C=O) groups excluding carboxylic acids is 2. The summed E-state index contributed by atoms with van der Waals surface area (Å²) in [5, 5.41) is 2.84. The number of rotatable bonds is 2. The van der Waals surface area contributed by atoms with Crippen molar-refractivity contribution in [2.45, 2.75) is 32.7 Å². The van der Waals surface area contributed by atoms with E-state index >= 15 is 0 Å². The molecule has 0 saturated carbocycles. The molecule has 5 nitrogen and oxygen atoms in total. The second kappa shape index (κ2) is 5.67. The average Bonchev–Trinajstić information content (AvgIpc) is 3.03. The zero-order chi connectivity index (χ0) is 15.0. The summed E-state index contributed by atoms with van der Waals surface area (Å²) in [6.07, 6.45) is 1.95. The van der Waals surface area contributed by atoms with Crippen LogP contribution in [0.4, 0.5) is 4.79 Å². The Morgan fingerprint density at radius 3 is 2.81 bits per heavy atom. The minimum absolute atomic E-state index is 0.0110. The number of amides is 3. The first-order valence-corrected chi connectivity index (χ1v) is 8.28. The molecular weight excluding hydrogens is 286 g/mol. The third-order valence-corrected chi connectivity index (χ3v) is 5.25. The molecule has 3 rings (SSSR count). The lowest BCUT2D eigenvalue weighted by Gasteiger charge is -2.37. The van der Waals surface area contributed by atoms with Crippen molar-refractivity contribution in [2.24, 2.45) is 0 Å². The van der Waals surface area contributed by atoms with E-state index in [-0.39, 0.29) is 18.0 Å². The highest BCUT2D eigenvalue weighted by molar-refractivity contribution is 7.12. The fourth-order valence-corrected chi connectivity index (χ4v) is 4.16. The maximum Gasteiger partial charge on any atom is 0.317 e.